The summed E-state index contributed by atoms with van der Waals surface area (Å²) < 4.78 is 47.8. The standard InChI is InChI=1S/C8H18N2O4S2/c1-7(4-9)16(13,14)10-5-8-2-3-15(11,12)6-8/h7-8,10H,2-6,9H2,1H3. The molecule has 1 aliphatic heterocycles. The molecule has 2 atom stereocenters. The summed E-state index contributed by atoms with van der Waals surface area (Å²) in [6, 6.07) is 0. The van der Waals surface area contributed by atoms with E-state index in [0.29, 0.717) is 6.42 Å². The van der Waals surface area contributed by atoms with Crippen LogP contribution in [0.4, 0.5) is 0 Å². The molecule has 6 nitrogen and oxygen atoms in total. The lowest BCUT2D eigenvalue weighted by Crippen LogP contribution is -2.39. The lowest BCUT2D eigenvalue weighted by molar-refractivity contribution is 0.535. The van der Waals surface area contributed by atoms with Gasteiger partial charge in [0.25, 0.3) is 0 Å². The molecule has 8 heteroatoms. The minimum absolute atomic E-state index is 0.0539. The van der Waals surface area contributed by atoms with Gasteiger partial charge in [-0.25, -0.2) is 21.6 Å². The molecule has 0 aliphatic carbocycles. The van der Waals surface area contributed by atoms with Crippen molar-refractivity contribution in [2.45, 2.75) is 18.6 Å². The molecule has 1 saturated heterocycles. The van der Waals surface area contributed by atoms with E-state index in [4.69, 9.17) is 5.73 Å². The molecule has 16 heavy (non-hydrogen) atoms. The lowest BCUT2D eigenvalue weighted by atomic mass is 10.1. The summed E-state index contributed by atoms with van der Waals surface area (Å²) in [5.74, 6) is 0.128. The molecule has 0 bridgehead atoms. The summed E-state index contributed by atoms with van der Waals surface area (Å²) in [5, 5.41) is -0.648. The number of hydrogen-bond acceptors (Lipinski definition) is 5. The van der Waals surface area contributed by atoms with E-state index in [0.717, 1.165) is 0 Å². The SMILES string of the molecule is CC(CN)S(=O)(=O)NCC1CCS(=O)(=O)C1. The molecule has 3 N–H and O–H groups in total. The molecule has 0 aromatic rings. The molecule has 1 fully saturated rings. The molecule has 0 amide bonds. The summed E-state index contributed by atoms with van der Waals surface area (Å²) >= 11 is 0. The van der Waals surface area contributed by atoms with Gasteiger partial charge in [0.2, 0.25) is 10.0 Å². The molecule has 0 aromatic carbocycles. The molecule has 1 aliphatic rings. The highest BCUT2D eigenvalue weighted by Crippen LogP contribution is 2.17. The fourth-order valence-electron chi connectivity index (χ4n) is 1.54. The molecule has 96 valence electrons. The zero-order valence-corrected chi connectivity index (χ0v) is 10.9. The van der Waals surface area contributed by atoms with Gasteiger partial charge in [0.05, 0.1) is 16.8 Å². The number of nitrogens with two attached hydrogens (primary N) is 1. The molecule has 0 aromatic heterocycles. The van der Waals surface area contributed by atoms with E-state index in [1.54, 1.807) is 0 Å². The maximum Gasteiger partial charge on any atom is 0.215 e. The zero-order valence-electron chi connectivity index (χ0n) is 9.22. The predicted molar refractivity (Wildman–Crippen MR) is 62.2 cm³/mol. The van der Waals surface area contributed by atoms with Crippen LogP contribution >= 0.6 is 0 Å². The smallest absolute Gasteiger partial charge is 0.215 e. The average Bonchev–Trinajstić information content (AvgIpc) is 2.54. The highest BCUT2D eigenvalue weighted by Gasteiger charge is 2.29. The Labute approximate surface area is 96.6 Å². The second kappa shape index (κ2) is 4.99. The van der Waals surface area contributed by atoms with Gasteiger partial charge in [-0.05, 0) is 19.3 Å². The molecule has 0 radical (unpaired) electrons. The Morgan fingerprint density at radius 2 is 2.12 bits per heavy atom. The van der Waals surface area contributed by atoms with Crippen molar-refractivity contribution < 1.29 is 16.8 Å². The predicted octanol–water partition coefficient (Wildman–Crippen LogP) is -1.31. The van der Waals surface area contributed by atoms with E-state index in [1.807, 2.05) is 0 Å². The van der Waals surface area contributed by atoms with Gasteiger partial charge in [-0.15, -0.1) is 0 Å². The Hall–Kier alpha value is -0.180. The van der Waals surface area contributed by atoms with Crippen LogP contribution in [0.2, 0.25) is 0 Å². The van der Waals surface area contributed by atoms with E-state index in [2.05, 4.69) is 4.72 Å². The Bertz CT molecular complexity index is 429. The third kappa shape index (κ3) is 3.69. The van der Waals surface area contributed by atoms with Gasteiger partial charge in [-0.1, -0.05) is 0 Å². The van der Waals surface area contributed by atoms with Gasteiger partial charge in [0.1, 0.15) is 0 Å². The molecule has 2 unspecified atom stereocenters. The first kappa shape index (κ1) is 13.9. The fourth-order valence-corrected chi connectivity index (χ4v) is 4.40. The van der Waals surface area contributed by atoms with Crippen molar-refractivity contribution in [3.05, 3.63) is 0 Å². The van der Waals surface area contributed by atoms with E-state index in [1.165, 1.54) is 6.92 Å². The van der Waals surface area contributed by atoms with E-state index < -0.39 is 25.1 Å². The van der Waals surface area contributed by atoms with Gasteiger partial charge in [-0.2, -0.15) is 0 Å². The van der Waals surface area contributed by atoms with Crippen molar-refractivity contribution in [1.29, 1.82) is 0 Å². The van der Waals surface area contributed by atoms with Crippen molar-refractivity contribution in [2.24, 2.45) is 11.7 Å². The Kier molecular flexibility index (Phi) is 4.33. The van der Waals surface area contributed by atoms with Crippen molar-refractivity contribution in [1.82, 2.24) is 4.72 Å². The molecule has 1 heterocycles. The van der Waals surface area contributed by atoms with Gasteiger partial charge >= 0.3 is 0 Å². The van der Waals surface area contributed by atoms with Crippen LogP contribution in [-0.4, -0.2) is 46.7 Å². The highest BCUT2D eigenvalue weighted by atomic mass is 32.2. The first-order chi connectivity index (χ1) is 7.27. The number of hydrogen-bond donors (Lipinski definition) is 2. The van der Waals surface area contributed by atoms with Gasteiger partial charge in [0.15, 0.2) is 9.84 Å². The number of nitrogens with one attached hydrogen (secondary N) is 1. The van der Waals surface area contributed by atoms with E-state index in [9.17, 15) is 16.8 Å². The van der Waals surface area contributed by atoms with Crippen LogP contribution in [-0.2, 0) is 19.9 Å². The third-order valence-corrected chi connectivity index (χ3v) is 6.42. The Morgan fingerprint density at radius 3 is 2.56 bits per heavy atom. The summed E-state index contributed by atoms with van der Waals surface area (Å²) in [6.07, 6.45) is 0.530. The average molecular weight is 270 g/mol. The van der Waals surface area contributed by atoms with Crippen LogP contribution in [0.15, 0.2) is 0 Å². The summed E-state index contributed by atoms with van der Waals surface area (Å²) in [7, 11) is -6.35. The molecule has 1 rings (SSSR count). The fraction of sp³-hybridized carbons (Fsp3) is 1.00. The monoisotopic (exact) mass is 270 g/mol. The topological polar surface area (TPSA) is 106 Å². The first-order valence-corrected chi connectivity index (χ1v) is 8.52. The molecular weight excluding hydrogens is 252 g/mol. The van der Waals surface area contributed by atoms with Crippen molar-refractivity contribution in [3.63, 3.8) is 0 Å². The summed E-state index contributed by atoms with van der Waals surface area (Å²) in [6.45, 7) is 1.76. The second-order valence-corrected chi connectivity index (χ2v) is 8.62. The van der Waals surface area contributed by atoms with E-state index in [-0.39, 0.29) is 30.5 Å². The number of sulfone groups is 1. The van der Waals surface area contributed by atoms with Gasteiger partial charge in [-0.3, -0.25) is 0 Å². The van der Waals surface area contributed by atoms with Crippen LogP contribution in [0.1, 0.15) is 13.3 Å². The molecule has 0 spiro atoms. The minimum Gasteiger partial charge on any atom is -0.329 e. The van der Waals surface area contributed by atoms with E-state index >= 15 is 0 Å². The Balaban J connectivity index is 2.48. The van der Waals surface area contributed by atoms with Crippen LogP contribution in [0.25, 0.3) is 0 Å². The van der Waals surface area contributed by atoms with Crippen molar-refractivity contribution >= 4 is 19.9 Å². The highest BCUT2D eigenvalue weighted by molar-refractivity contribution is 7.91. The maximum atomic E-state index is 11.5. The molecule has 0 saturated carbocycles. The maximum absolute atomic E-state index is 11.5. The lowest BCUT2D eigenvalue weighted by Gasteiger charge is -2.14. The van der Waals surface area contributed by atoms with Crippen LogP contribution in [0, 0.1) is 5.92 Å². The zero-order chi connectivity index (χ0) is 12.4. The van der Waals surface area contributed by atoms with Gasteiger partial charge < -0.3 is 5.73 Å². The quantitative estimate of drug-likeness (QED) is 0.645. The number of sulfonamides is 1. The third-order valence-electron chi connectivity index (χ3n) is 2.76. The summed E-state index contributed by atoms with van der Waals surface area (Å²) in [5.41, 5.74) is 5.27. The Morgan fingerprint density at radius 1 is 1.50 bits per heavy atom. The first-order valence-electron chi connectivity index (χ1n) is 5.16. The van der Waals surface area contributed by atoms with Crippen molar-refractivity contribution in [2.75, 3.05) is 24.6 Å². The number of rotatable bonds is 5. The van der Waals surface area contributed by atoms with Crippen LogP contribution in [0.5, 0.6) is 0 Å². The largest absolute Gasteiger partial charge is 0.329 e. The van der Waals surface area contributed by atoms with Crippen molar-refractivity contribution in [3.8, 4) is 0 Å². The van der Waals surface area contributed by atoms with Gasteiger partial charge in [0, 0.05) is 13.1 Å². The normalized spacial score (nSPS) is 26.8. The second-order valence-electron chi connectivity index (χ2n) is 4.21. The minimum atomic E-state index is -3.40. The molecular formula is C8H18N2O4S2. The van der Waals surface area contributed by atoms with Crippen LogP contribution < -0.4 is 10.5 Å². The summed E-state index contributed by atoms with van der Waals surface area (Å²) in [4.78, 5) is 0. The van der Waals surface area contributed by atoms with Crippen LogP contribution in [0.3, 0.4) is 0 Å².